The summed E-state index contributed by atoms with van der Waals surface area (Å²) in [6.07, 6.45) is 6.02. The van der Waals surface area contributed by atoms with Crippen LogP contribution in [0.15, 0.2) is 53.8 Å². The molecule has 1 aromatic rings. The Morgan fingerprint density at radius 1 is 1.23 bits per heavy atom. The minimum absolute atomic E-state index is 1.18. The Labute approximate surface area is 79.9 Å². The zero-order chi connectivity index (χ0) is 9.52. The van der Waals surface area contributed by atoms with Crippen molar-refractivity contribution in [3.63, 3.8) is 0 Å². The van der Waals surface area contributed by atoms with E-state index in [1.807, 2.05) is 37.3 Å². The minimum atomic E-state index is 1.18. The van der Waals surface area contributed by atoms with Gasteiger partial charge in [-0.2, -0.15) is 0 Å². The topological polar surface area (TPSA) is 0 Å². The molecule has 13 heavy (non-hydrogen) atoms. The average molecular weight is 170 g/mol. The first-order chi connectivity index (χ1) is 6.33. The van der Waals surface area contributed by atoms with Crippen LogP contribution in [0.3, 0.4) is 0 Å². The van der Waals surface area contributed by atoms with Crippen LogP contribution in [0.25, 0.3) is 6.08 Å². The van der Waals surface area contributed by atoms with Gasteiger partial charge in [0, 0.05) is 0 Å². The minimum Gasteiger partial charge on any atom is -0.120 e. The van der Waals surface area contributed by atoms with Gasteiger partial charge in [-0.1, -0.05) is 36.4 Å². The largest absolute Gasteiger partial charge is 0.120 e. The highest BCUT2D eigenvalue weighted by atomic mass is 13.8. The van der Waals surface area contributed by atoms with Gasteiger partial charge < -0.3 is 0 Å². The molecule has 0 bridgehead atoms. The molecule has 0 aliphatic rings. The molecule has 0 heterocycles. The summed E-state index contributed by atoms with van der Waals surface area (Å²) in [5, 5.41) is 0. The Morgan fingerprint density at radius 3 is 2.54 bits per heavy atom. The molecule has 0 aliphatic carbocycles. The Kier molecular flexibility index (Phi) is 3.81. The summed E-state index contributed by atoms with van der Waals surface area (Å²) in [6.45, 7) is 4.09. The van der Waals surface area contributed by atoms with E-state index in [9.17, 15) is 0 Å². The molecule has 0 radical (unpaired) electrons. The van der Waals surface area contributed by atoms with E-state index in [0.29, 0.717) is 0 Å². The van der Waals surface area contributed by atoms with Gasteiger partial charge in [0.1, 0.15) is 0 Å². The molecule has 0 atom stereocenters. The summed E-state index contributed by atoms with van der Waals surface area (Å²) in [7, 11) is 0. The molecule has 66 valence electrons. The third kappa shape index (κ3) is 3.59. The van der Waals surface area contributed by atoms with Gasteiger partial charge in [-0.3, -0.25) is 0 Å². The molecule has 0 saturated heterocycles. The van der Waals surface area contributed by atoms with Gasteiger partial charge >= 0.3 is 0 Å². The lowest BCUT2D eigenvalue weighted by molar-refractivity contribution is 1.48. The highest BCUT2D eigenvalue weighted by Crippen LogP contribution is 2.00. The van der Waals surface area contributed by atoms with E-state index in [1.54, 1.807) is 0 Å². The van der Waals surface area contributed by atoms with Gasteiger partial charge in [0.15, 0.2) is 0 Å². The van der Waals surface area contributed by atoms with E-state index < -0.39 is 0 Å². The number of benzene rings is 1. The van der Waals surface area contributed by atoms with Gasteiger partial charge in [-0.25, -0.2) is 0 Å². The van der Waals surface area contributed by atoms with Crippen LogP contribution in [0.1, 0.15) is 19.4 Å². The zero-order valence-electron chi connectivity index (χ0n) is 8.12. The Balaban J connectivity index is 2.75. The summed E-state index contributed by atoms with van der Waals surface area (Å²) >= 11 is 0. The van der Waals surface area contributed by atoms with E-state index in [4.69, 9.17) is 0 Å². The molecule has 0 spiro atoms. The van der Waals surface area contributed by atoms with Gasteiger partial charge in [0.05, 0.1) is 0 Å². The fourth-order valence-electron chi connectivity index (χ4n) is 0.902. The second kappa shape index (κ2) is 5.18. The van der Waals surface area contributed by atoms with Crippen molar-refractivity contribution in [2.75, 3.05) is 0 Å². The first-order valence-electron chi connectivity index (χ1n) is 4.43. The molecule has 0 unspecified atom stereocenters. The molecular weight excluding hydrogens is 156 g/mol. The normalized spacial score (nSPS) is 10.5. The van der Waals surface area contributed by atoms with Crippen LogP contribution in [0, 0.1) is 0 Å². The van der Waals surface area contributed by atoms with Crippen LogP contribution >= 0.6 is 0 Å². The summed E-state index contributed by atoms with van der Waals surface area (Å²) in [5.74, 6) is 0. The Morgan fingerprint density at radius 2 is 1.92 bits per heavy atom. The summed E-state index contributed by atoms with van der Waals surface area (Å²) in [6, 6.07) is 10.2. The number of rotatable bonds is 2. The lowest BCUT2D eigenvalue weighted by Crippen LogP contribution is -1.66. The molecule has 0 fully saturated rings. The maximum Gasteiger partial charge on any atom is -0.0127 e. The molecule has 0 aliphatic heterocycles. The summed E-state index contributed by atoms with van der Waals surface area (Å²) < 4.78 is 0. The van der Waals surface area contributed by atoms with Crippen molar-refractivity contribution in [3.05, 3.63) is 59.4 Å². The van der Waals surface area contributed by atoms with Crippen molar-refractivity contribution < 1.29 is 0 Å². The van der Waals surface area contributed by atoms with E-state index in [-0.39, 0.29) is 0 Å². The predicted molar refractivity (Wildman–Crippen MR) is 58.4 cm³/mol. The van der Waals surface area contributed by atoms with Gasteiger partial charge in [0.25, 0.3) is 0 Å². The number of allylic oxidation sites excluding steroid dienone is 3. The van der Waals surface area contributed by atoms with Crippen LogP contribution < -0.4 is 0 Å². The number of hydrogen-bond donors (Lipinski definition) is 0. The fourth-order valence-corrected chi connectivity index (χ4v) is 0.902. The Bertz CT molecular complexity index is 336. The maximum atomic E-state index is 3.13. The lowest BCUT2D eigenvalue weighted by Gasteiger charge is -1.87. The molecular formula is C13H14. The summed E-state index contributed by atoms with van der Waals surface area (Å²) in [5.41, 5.74) is 5.55. The second-order valence-electron chi connectivity index (χ2n) is 2.90. The van der Waals surface area contributed by atoms with E-state index in [1.165, 1.54) is 11.1 Å². The third-order valence-corrected chi connectivity index (χ3v) is 1.82. The van der Waals surface area contributed by atoms with E-state index in [0.717, 1.165) is 0 Å². The maximum absolute atomic E-state index is 3.13. The average Bonchev–Trinajstić information content (AvgIpc) is 2.19. The second-order valence-corrected chi connectivity index (χ2v) is 2.90. The monoisotopic (exact) mass is 170 g/mol. The van der Waals surface area contributed by atoms with Crippen LogP contribution in [-0.4, -0.2) is 0 Å². The molecule has 1 aromatic carbocycles. The van der Waals surface area contributed by atoms with Crippen molar-refractivity contribution in [3.8, 4) is 0 Å². The highest BCUT2D eigenvalue weighted by Gasteiger charge is 1.79. The highest BCUT2D eigenvalue weighted by molar-refractivity contribution is 5.48. The third-order valence-electron chi connectivity index (χ3n) is 1.82. The standard InChI is InChI=1S/C13H14/c1-3-12(2)8-7-11-13-9-5-4-6-10-13/h3-6,8-11H,1-2H3/b12-3+. The quantitative estimate of drug-likeness (QED) is 0.467. The van der Waals surface area contributed by atoms with Crippen LogP contribution in [0.2, 0.25) is 0 Å². The van der Waals surface area contributed by atoms with Crippen molar-refractivity contribution in [1.29, 1.82) is 0 Å². The number of hydrogen-bond acceptors (Lipinski definition) is 0. The van der Waals surface area contributed by atoms with Crippen LogP contribution in [-0.2, 0) is 0 Å². The van der Waals surface area contributed by atoms with Crippen molar-refractivity contribution >= 4 is 6.08 Å². The molecule has 0 nitrogen and oxygen atoms in total. The molecule has 0 N–H and O–H groups in total. The molecule has 0 heteroatoms. The predicted octanol–water partition coefficient (Wildman–Crippen LogP) is 3.82. The molecule has 0 saturated carbocycles. The van der Waals surface area contributed by atoms with Gasteiger partial charge in [-0.15, -0.1) is 5.73 Å². The first-order valence-corrected chi connectivity index (χ1v) is 4.43. The smallest absolute Gasteiger partial charge is 0.0127 e. The molecule has 0 amide bonds. The Hall–Kier alpha value is -1.52. The van der Waals surface area contributed by atoms with Crippen LogP contribution in [0.5, 0.6) is 0 Å². The van der Waals surface area contributed by atoms with Gasteiger partial charge in [-0.05, 0) is 37.1 Å². The van der Waals surface area contributed by atoms with Crippen molar-refractivity contribution in [2.24, 2.45) is 0 Å². The molecule has 1 rings (SSSR count). The van der Waals surface area contributed by atoms with E-state index in [2.05, 4.69) is 30.9 Å². The summed E-state index contributed by atoms with van der Waals surface area (Å²) in [4.78, 5) is 0. The lowest BCUT2D eigenvalue weighted by atomic mass is 10.2. The zero-order valence-corrected chi connectivity index (χ0v) is 8.12. The fraction of sp³-hybridized carbons (Fsp3) is 0.154. The van der Waals surface area contributed by atoms with E-state index >= 15 is 0 Å². The SMILES string of the molecule is C/C=C(\C)C=C=Cc1ccccc1. The van der Waals surface area contributed by atoms with Crippen molar-refractivity contribution in [1.82, 2.24) is 0 Å². The first kappa shape index (κ1) is 9.57. The van der Waals surface area contributed by atoms with Gasteiger partial charge in [0.2, 0.25) is 0 Å². The van der Waals surface area contributed by atoms with Crippen LogP contribution in [0.4, 0.5) is 0 Å². The van der Waals surface area contributed by atoms with Crippen molar-refractivity contribution in [2.45, 2.75) is 13.8 Å². The molecule has 0 aromatic heterocycles.